The van der Waals surface area contributed by atoms with Gasteiger partial charge in [-0.15, -0.1) is 0 Å². The van der Waals surface area contributed by atoms with Crippen LogP contribution in [0.5, 0.6) is 0 Å². The number of nitrogen functional groups attached to an aromatic ring is 1. The molecule has 1 amide bonds. The maximum absolute atomic E-state index is 13.4. The highest BCUT2D eigenvalue weighted by molar-refractivity contribution is 5.97. The van der Waals surface area contributed by atoms with Gasteiger partial charge in [0.1, 0.15) is 11.5 Å². The summed E-state index contributed by atoms with van der Waals surface area (Å²) < 4.78 is 5.76. The van der Waals surface area contributed by atoms with Crippen molar-refractivity contribution >= 4 is 22.6 Å². The number of ether oxygens (including phenoxy) is 1. The summed E-state index contributed by atoms with van der Waals surface area (Å²) in [5, 5.41) is 0.877. The van der Waals surface area contributed by atoms with Crippen LogP contribution < -0.4 is 5.73 Å². The Hall–Kier alpha value is -3.06. The second-order valence-electron chi connectivity index (χ2n) is 8.81. The molecule has 2 aliphatic rings. The van der Waals surface area contributed by atoms with Crippen molar-refractivity contribution < 1.29 is 9.53 Å². The minimum absolute atomic E-state index is 0.00789. The average molecular weight is 418 g/mol. The number of carbonyl (C=O) groups excluding carboxylic acids is 1. The summed E-state index contributed by atoms with van der Waals surface area (Å²) in [4.78, 5) is 28.7. The second kappa shape index (κ2) is 7.57. The number of nitrogens with zero attached hydrogens (tertiary/aromatic N) is 4. The number of hydrogen-bond acceptors (Lipinski definition) is 6. The molecule has 0 aromatic carbocycles. The van der Waals surface area contributed by atoms with Gasteiger partial charge in [0, 0.05) is 23.2 Å². The standard InChI is InChI=1S/C24H27N5O2/c1-13(2)29(11-17-7-6-16(9-26-17)15-4-5-15)24(30)20-8-18-19-12-31-14(3)22(19)23(25)28-21(18)10-27-20/h6-10,13-15H,4-5,11-12H2,1-3H3,(H2,25,28)/t14-/m1/s1. The van der Waals surface area contributed by atoms with Crippen molar-refractivity contribution in [2.45, 2.75) is 64.8 Å². The number of rotatable bonds is 5. The Morgan fingerprint density at radius 1 is 1.26 bits per heavy atom. The first-order chi connectivity index (χ1) is 14.9. The van der Waals surface area contributed by atoms with E-state index in [2.05, 4.69) is 21.0 Å². The third kappa shape index (κ3) is 3.63. The van der Waals surface area contributed by atoms with Crippen LogP contribution in [0.15, 0.2) is 30.6 Å². The molecule has 0 radical (unpaired) electrons. The molecular weight excluding hydrogens is 390 g/mol. The molecule has 0 spiro atoms. The van der Waals surface area contributed by atoms with Gasteiger partial charge in [0.05, 0.1) is 36.7 Å². The lowest BCUT2D eigenvalue weighted by Crippen LogP contribution is -2.37. The zero-order valence-electron chi connectivity index (χ0n) is 18.1. The molecule has 7 heteroatoms. The van der Waals surface area contributed by atoms with E-state index in [9.17, 15) is 4.79 Å². The highest BCUT2D eigenvalue weighted by atomic mass is 16.5. The Balaban J connectivity index is 1.45. The molecule has 31 heavy (non-hydrogen) atoms. The molecule has 1 atom stereocenters. The van der Waals surface area contributed by atoms with Gasteiger partial charge < -0.3 is 15.4 Å². The maximum Gasteiger partial charge on any atom is 0.273 e. The van der Waals surface area contributed by atoms with Crippen LogP contribution in [0.4, 0.5) is 5.82 Å². The molecule has 4 heterocycles. The minimum Gasteiger partial charge on any atom is -0.383 e. The molecular formula is C24H27N5O2. The molecule has 2 N–H and O–H groups in total. The Kier molecular flexibility index (Phi) is 4.85. The summed E-state index contributed by atoms with van der Waals surface area (Å²) in [6, 6.07) is 6.00. The molecule has 3 aromatic rings. The van der Waals surface area contributed by atoms with Gasteiger partial charge in [-0.3, -0.25) is 9.78 Å². The Morgan fingerprint density at radius 3 is 2.74 bits per heavy atom. The van der Waals surface area contributed by atoms with E-state index in [1.807, 2.05) is 39.1 Å². The van der Waals surface area contributed by atoms with E-state index < -0.39 is 0 Å². The van der Waals surface area contributed by atoms with Crippen molar-refractivity contribution in [3.8, 4) is 0 Å². The van der Waals surface area contributed by atoms with E-state index in [1.165, 1.54) is 18.4 Å². The lowest BCUT2D eigenvalue weighted by molar-refractivity contribution is 0.0681. The number of amides is 1. The van der Waals surface area contributed by atoms with Gasteiger partial charge >= 0.3 is 0 Å². The number of fused-ring (bicyclic) bond motifs is 3. The SMILES string of the molecule is CC(C)N(Cc1ccc(C2CC2)cn1)C(=O)c1cc2c3c(c(N)nc2cn1)[C@@H](C)OC3. The normalized spacial score (nSPS) is 17.9. The number of nitrogens with two attached hydrogens (primary N) is 1. The summed E-state index contributed by atoms with van der Waals surface area (Å²) in [6.45, 7) is 6.88. The summed E-state index contributed by atoms with van der Waals surface area (Å²) in [5.41, 5.74) is 11.3. The molecule has 0 saturated heterocycles. The summed E-state index contributed by atoms with van der Waals surface area (Å²) in [5.74, 6) is 1.02. The maximum atomic E-state index is 13.4. The van der Waals surface area contributed by atoms with Crippen molar-refractivity contribution in [3.05, 3.63) is 58.7 Å². The van der Waals surface area contributed by atoms with Crippen LogP contribution in [0.25, 0.3) is 10.9 Å². The quantitative estimate of drug-likeness (QED) is 0.671. The number of hydrogen-bond donors (Lipinski definition) is 1. The molecule has 1 aliphatic heterocycles. The van der Waals surface area contributed by atoms with Crippen molar-refractivity contribution in [2.24, 2.45) is 0 Å². The lowest BCUT2D eigenvalue weighted by atomic mass is 10.0. The molecule has 160 valence electrons. The zero-order chi connectivity index (χ0) is 21.7. The van der Waals surface area contributed by atoms with E-state index in [0.29, 0.717) is 36.1 Å². The minimum atomic E-state index is -0.123. The molecule has 1 fully saturated rings. The van der Waals surface area contributed by atoms with Crippen molar-refractivity contribution in [1.82, 2.24) is 19.9 Å². The van der Waals surface area contributed by atoms with Crippen LogP contribution >= 0.6 is 0 Å². The average Bonchev–Trinajstić information content (AvgIpc) is 3.53. The summed E-state index contributed by atoms with van der Waals surface area (Å²) in [7, 11) is 0. The third-order valence-electron chi connectivity index (χ3n) is 6.27. The molecule has 1 aliphatic carbocycles. The van der Waals surface area contributed by atoms with Gasteiger partial charge in [-0.2, -0.15) is 0 Å². The number of anilines is 1. The second-order valence-corrected chi connectivity index (χ2v) is 8.81. The highest BCUT2D eigenvalue weighted by Crippen LogP contribution is 2.40. The van der Waals surface area contributed by atoms with E-state index in [1.54, 1.807) is 11.1 Å². The molecule has 3 aromatic heterocycles. The van der Waals surface area contributed by atoms with Gasteiger partial charge in [-0.05, 0) is 62.8 Å². The fourth-order valence-corrected chi connectivity index (χ4v) is 4.28. The first kappa shape index (κ1) is 19.9. The highest BCUT2D eigenvalue weighted by Gasteiger charge is 2.28. The van der Waals surface area contributed by atoms with Gasteiger partial charge in [0.25, 0.3) is 5.91 Å². The van der Waals surface area contributed by atoms with Crippen LogP contribution in [0.3, 0.4) is 0 Å². The predicted octanol–water partition coefficient (Wildman–Crippen LogP) is 4.13. The van der Waals surface area contributed by atoms with Gasteiger partial charge in [0.15, 0.2) is 0 Å². The van der Waals surface area contributed by atoms with Crippen LogP contribution in [0.1, 0.15) is 78.5 Å². The molecule has 5 rings (SSSR count). The largest absolute Gasteiger partial charge is 0.383 e. The number of aromatic nitrogens is 3. The summed E-state index contributed by atoms with van der Waals surface area (Å²) >= 11 is 0. The van der Waals surface area contributed by atoms with Crippen molar-refractivity contribution in [2.75, 3.05) is 5.73 Å². The van der Waals surface area contributed by atoms with Crippen LogP contribution in [-0.2, 0) is 17.9 Å². The van der Waals surface area contributed by atoms with Crippen molar-refractivity contribution in [3.63, 3.8) is 0 Å². The van der Waals surface area contributed by atoms with Crippen LogP contribution in [0.2, 0.25) is 0 Å². The third-order valence-corrected chi connectivity index (χ3v) is 6.27. The lowest BCUT2D eigenvalue weighted by Gasteiger charge is -2.26. The van der Waals surface area contributed by atoms with Crippen LogP contribution in [-0.4, -0.2) is 31.8 Å². The number of carbonyl (C=O) groups is 1. The summed E-state index contributed by atoms with van der Waals surface area (Å²) in [6.07, 6.45) is 5.98. The Labute approximate surface area is 181 Å². The van der Waals surface area contributed by atoms with Gasteiger partial charge in [-0.1, -0.05) is 6.07 Å². The predicted molar refractivity (Wildman–Crippen MR) is 118 cm³/mol. The van der Waals surface area contributed by atoms with E-state index in [-0.39, 0.29) is 18.1 Å². The molecule has 0 unspecified atom stereocenters. The fourth-order valence-electron chi connectivity index (χ4n) is 4.28. The molecule has 0 bridgehead atoms. The van der Waals surface area contributed by atoms with E-state index >= 15 is 0 Å². The van der Waals surface area contributed by atoms with Gasteiger partial charge in [-0.25, -0.2) is 9.97 Å². The Morgan fingerprint density at radius 2 is 2.06 bits per heavy atom. The molecule has 7 nitrogen and oxygen atoms in total. The fraction of sp³-hybridized carbons (Fsp3) is 0.417. The van der Waals surface area contributed by atoms with E-state index in [0.717, 1.165) is 22.2 Å². The van der Waals surface area contributed by atoms with Crippen molar-refractivity contribution in [1.29, 1.82) is 0 Å². The number of pyridine rings is 3. The van der Waals surface area contributed by atoms with E-state index in [4.69, 9.17) is 10.5 Å². The first-order valence-electron chi connectivity index (χ1n) is 10.9. The van der Waals surface area contributed by atoms with Crippen LogP contribution in [0, 0.1) is 0 Å². The smallest absolute Gasteiger partial charge is 0.273 e. The Bertz CT molecular complexity index is 1150. The topological polar surface area (TPSA) is 94.2 Å². The monoisotopic (exact) mass is 417 g/mol. The molecule has 1 saturated carbocycles. The first-order valence-corrected chi connectivity index (χ1v) is 10.9. The van der Waals surface area contributed by atoms with Gasteiger partial charge in [0.2, 0.25) is 0 Å². The zero-order valence-corrected chi connectivity index (χ0v) is 18.1.